The number of anilines is 1. The number of nitrogens with zero attached hydrogens (tertiary/aromatic N) is 1. The van der Waals surface area contributed by atoms with Crippen molar-refractivity contribution in [2.45, 2.75) is 31.8 Å². The molecule has 29 heavy (non-hydrogen) atoms. The minimum atomic E-state index is -0.596. The van der Waals surface area contributed by atoms with Crippen molar-refractivity contribution in [3.8, 4) is 0 Å². The third-order valence-electron chi connectivity index (χ3n) is 5.20. The quantitative estimate of drug-likeness (QED) is 0.726. The van der Waals surface area contributed by atoms with E-state index >= 15 is 0 Å². The van der Waals surface area contributed by atoms with E-state index in [9.17, 15) is 14.4 Å². The first kappa shape index (κ1) is 21.0. The number of ether oxygens (including phenoxy) is 2. The lowest BCUT2D eigenvalue weighted by Crippen LogP contribution is -2.41. The van der Waals surface area contributed by atoms with E-state index in [0.29, 0.717) is 0 Å². The second-order valence-electron chi connectivity index (χ2n) is 6.86. The molecule has 154 valence electrons. The molecule has 2 aromatic rings. The summed E-state index contributed by atoms with van der Waals surface area (Å²) in [5.41, 5.74) is 1.86. The first-order valence-electron chi connectivity index (χ1n) is 9.35. The first-order valence-corrected chi connectivity index (χ1v) is 10.3. The SMILES string of the molecule is COC(=O)c1ccc(C(=O)OC)c(NC(=O)[C@@H](C)N2CCC[C@@H]2c2ccsc2)c1. The van der Waals surface area contributed by atoms with Crippen molar-refractivity contribution in [3.05, 3.63) is 51.7 Å². The third-order valence-corrected chi connectivity index (χ3v) is 5.90. The largest absolute Gasteiger partial charge is 0.465 e. The minimum Gasteiger partial charge on any atom is -0.465 e. The van der Waals surface area contributed by atoms with Gasteiger partial charge >= 0.3 is 11.9 Å². The summed E-state index contributed by atoms with van der Waals surface area (Å²) in [4.78, 5) is 39.1. The van der Waals surface area contributed by atoms with Gasteiger partial charge in [0.2, 0.25) is 5.91 Å². The van der Waals surface area contributed by atoms with E-state index in [0.717, 1.165) is 19.4 Å². The number of esters is 2. The van der Waals surface area contributed by atoms with Crippen LogP contribution in [0.3, 0.4) is 0 Å². The summed E-state index contributed by atoms with van der Waals surface area (Å²) in [6.45, 7) is 2.67. The molecule has 1 N–H and O–H groups in total. The Morgan fingerprint density at radius 2 is 1.93 bits per heavy atom. The molecule has 1 aliphatic rings. The Bertz CT molecular complexity index is 896. The summed E-state index contributed by atoms with van der Waals surface area (Å²) in [6, 6.07) is 6.22. The maximum absolute atomic E-state index is 13.0. The fourth-order valence-corrected chi connectivity index (χ4v) is 4.35. The van der Waals surface area contributed by atoms with Crippen LogP contribution in [-0.4, -0.2) is 49.6 Å². The summed E-state index contributed by atoms with van der Waals surface area (Å²) >= 11 is 1.64. The Morgan fingerprint density at radius 1 is 1.17 bits per heavy atom. The highest BCUT2D eigenvalue weighted by atomic mass is 32.1. The average Bonchev–Trinajstić information content (AvgIpc) is 3.43. The van der Waals surface area contributed by atoms with Crippen LogP contribution in [-0.2, 0) is 14.3 Å². The molecule has 1 saturated heterocycles. The lowest BCUT2D eigenvalue weighted by atomic mass is 10.1. The molecule has 0 saturated carbocycles. The van der Waals surface area contributed by atoms with Crippen LogP contribution in [0, 0.1) is 0 Å². The van der Waals surface area contributed by atoms with Crippen molar-refractivity contribution in [2.24, 2.45) is 0 Å². The number of hydrogen-bond acceptors (Lipinski definition) is 7. The average molecular weight is 416 g/mol. The van der Waals surface area contributed by atoms with Gasteiger partial charge in [-0.1, -0.05) is 0 Å². The molecule has 2 heterocycles. The standard InChI is InChI=1S/C21H24N2O5S/c1-13(23-9-4-5-18(23)15-8-10-29-12-15)19(24)22-17-11-14(20(25)27-2)6-7-16(17)21(26)28-3/h6-8,10-13,18H,4-5,9H2,1-3H3,(H,22,24)/t13-,18-/m1/s1. The van der Waals surface area contributed by atoms with E-state index in [1.807, 2.05) is 12.3 Å². The van der Waals surface area contributed by atoms with Crippen LogP contribution in [0.5, 0.6) is 0 Å². The molecular formula is C21H24N2O5S. The number of carbonyl (C=O) groups excluding carboxylic acids is 3. The van der Waals surface area contributed by atoms with Crippen molar-refractivity contribution in [2.75, 3.05) is 26.1 Å². The second-order valence-corrected chi connectivity index (χ2v) is 7.64. The molecular weight excluding hydrogens is 392 g/mol. The number of thiophene rings is 1. The lowest BCUT2D eigenvalue weighted by molar-refractivity contribution is -0.121. The topological polar surface area (TPSA) is 84.9 Å². The fraction of sp³-hybridized carbons (Fsp3) is 0.381. The molecule has 3 rings (SSSR count). The van der Waals surface area contributed by atoms with Crippen LogP contribution in [0.4, 0.5) is 5.69 Å². The molecule has 0 unspecified atom stereocenters. The fourth-order valence-electron chi connectivity index (χ4n) is 3.64. The summed E-state index contributed by atoms with van der Waals surface area (Å²) in [6.07, 6.45) is 2.02. The minimum absolute atomic E-state index is 0.177. The molecule has 1 aromatic heterocycles. The van der Waals surface area contributed by atoms with Crippen LogP contribution in [0.2, 0.25) is 0 Å². The Morgan fingerprint density at radius 3 is 2.59 bits per heavy atom. The van der Waals surface area contributed by atoms with Gasteiger partial charge in [-0.05, 0) is 66.9 Å². The van der Waals surface area contributed by atoms with E-state index < -0.39 is 18.0 Å². The van der Waals surface area contributed by atoms with Gasteiger partial charge in [-0.15, -0.1) is 0 Å². The predicted octanol–water partition coefficient (Wildman–Crippen LogP) is 3.49. The first-order chi connectivity index (χ1) is 14.0. The van der Waals surface area contributed by atoms with Crippen molar-refractivity contribution in [1.29, 1.82) is 0 Å². The van der Waals surface area contributed by atoms with Gasteiger partial charge in [0, 0.05) is 6.04 Å². The van der Waals surface area contributed by atoms with Crippen LogP contribution in [0.1, 0.15) is 52.1 Å². The Hall–Kier alpha value is -2.71. The van der Waals surface area contributed by atoms with Crippen molar-refractivity contribution in [3.63, 3.8) is 0 Å². The number of likely N-dealkylation sites (tertiary alicyclic amines) is 1. The number of amides is 1. The highest BCUT2D eigenvalue weighted by molar-refractivity contribution is 7.08. The van der Waals surface area contributed by atoms with Crippen LogP contribution in [0.15, 0.2) is 35.0 Å². The number of rotatable bonds is 6. The number of carbonyl (C=O) groups is 3. The van der Waals surface area contributed by atoms with E-state index in [2.05, 4.69) is 21.7 Å². The number of nitrogens with one attached hydrogen (secondary N) is 1. The summed E-state index contributed by atoms with van der Waals surface area (Å²) in [5.74, 6) is -1.40. The van der Waals surface area contributed by atoms with Gasteiger partial charge in [0.25, 0.3) is 0 Å². The summed E-state index contributed by atoms with van der Waals surface area (Å²) in [5, 5.41) is 6.95. The Labute approximate surface area is 173 Å². The normalized spacial score (nSPS) is 17.6. The number of methoxy groups -OCH3 is 2. The number of hydrogen-bond donors (Lipinski definition) is 1. The molecule has 1 amide bonds. The zero-order chi connectivity index (χ0) is 21.0. The molecule has 1 aliphatic heterocycles. The summed E-state index contributed by atoms with van der Waals surface area (Å²) < 4.78 is 9.53. The van der Waals surface area contributed by atoms with Gasteiger partial charge < -0.3 is 14.8 Å². The lowest BCUT2D eigenvalue weighted by Gasteiger charge is -2.29. The van der Waals surface area contributed by atoms with Gasteiger partial charge in [0.15, 0.2) is 0 Å². The van der Waals surface area contributed by atoms with E-state index in [-0.39, 0.29) is 28.8 Å². The smallest absolute Gasteiger partial charge is 0.339 e. The summed E-state index contributed by atoms with van der Waals surface area (Å²) in [7, 11) is 2.54. The van der Waals surface area contributed by atoms with E-state index in [1.54, 1.807) is 11.3 Å². The van der Waals surface area contributed by atoms with E-state index in [1.165, 1.54) is 38.0 Å². The maximum atomic E-state index is 13.0. The number of benzene rings is 1. The molecule has 0 bridgehead atoms. The maximum Gasteiger partial charge on any atom is 0.339 e. The molecule has 1 fully saturated rings. The van der Waals surface area contributed by atoms with Crippen LogP contribution >= 0.6 is 11.3 Å². The van der Waals surface area contributed by atoms with Gasteiger partial charge in [-0.3, -0.25) is 9.69 Å². The van der Waals surface area contributed by atoms with Gasteiger partial charge in [0.1, 0.15) is 0 Å². The van der Waals surface area contributed by atoms with Crippen LogP contribution < -0.4 is 5.32 Å². The predicted molar refractivity (Wildman–Crippen MR) is 110 cm³/mol. The zero-order valence-corrected chi connectivity index (χ0v) is 17.5. The molecule has 1 aromatic carbocycles. The molecule has 0 aliphatic carbocycles. The Kier molecular flexibility index (Phi) is 6.66. The van der Waals surface area contributed by atoms with Gasteiger partial charge in [-0.25, -0.2) is 9.59 Å². The highest BCUT2D eigenvalue weighted by Gasteiger charge is 2.33. The van der Waals surface area contributed by atoms with Crippen LogP contribution in [0.25, 0.3) is 0 Å². The highest BCUT2D eigenvalue weighted by Crippen LogP contribution is 2.35. The van der Waals surface area contributed by atoms with E-state index in [4.69, 9.17) is 9.47 Å². The molecule has 0 radical (unpaired) electrons. The van der Waals surface area contributed by atoms with Gasteiger partial charge in [0.05, 0.1) is 37.1 Å². The molecule has 0 spiro atoms. The van der Waals surface area contributed by atoms with Crippen molar-refractivity contribution < 1.29 is 23.9 Å². The molecule has 7 nitrogen and oxygen atoms in total. The van der Waals surface area contributed by atoms with Crippen molar-refractivity contribution >= 4 is 34.9 Å². The third kappa shape index (κ3) is 4.49. The van der Waals surface area contributed by atoms with Crippen molar-refractivity contribution in [1.82, 2.24) is 4.90 Å². The monoisotopic (exact) mass is 416 g/mol. The zero-order valence-electron chi connectivity index (χ0n) is 16.6. The molecule has 2 atom stereocenters. The molecule has 8 heteroatoms. The second kappa shape index (κ2) is 9.19. The van der Waals surface area contributed by atoms with Gasteiger partial charge in [-0.2, -0.15) is 11.3 Å². The Balaban J connectivity index is 1.83.